The minimum absolute atomic E-state index is 0.148. The highest BCUT2D eigenvalue weighted by molar-refractivity contribution is 6.09. The van der Waals surface area contributed by atoms with Gasteiger partial charge in [0.25, 0.3) is 5.84 Å². The molecule has 1 atom stereocenters. The van der Waals surface area contributed by atoms with Crippen LogP contribution in [0.4, 0.5) is 0 Å². The Kier molecular flexibility index (Phi) is 3.24. The molecule has 0 radical (unpaired) electrons. The maximum absolute atomic E-state index is 12.4. The fraction of sp³-hybridized carbons (Fsp3) is 0.467. The standard InChI is InChI=1S/C15H20N2O/c1-11(2)10-15(3)14(18)17(4)13(16-15)12-8-6-5-7-9-12/h5-9,11H,10H2,1-4H3/p+1/t15-/m0/s1. The Balaban J connectivity index is 2.38. The number of hydrogen-bond acceptors (Lipinski definition) is 1. The van der Waals surface area contributed by atoms with E-state index in [0.717, 1.165) is 17.8 Å². The summed E-state index contributed by atoms with van der Waals surface area (Å²) in [5.74, 6) is 1.54. The van der Waals surface area contributed by atoms with Crippen molar-refractivity contribution >= 4 is 11.7 Å². The number of nitrogens with zero attached hydrogens (tertiary/aromatic N) is 1. The molecular weight excluding hydrogens is 224 g/mol. The van der Waals surface area contributed by atoms with Gasteiger partial charge in [0.1, 0.15) is 0 Å². The fourth-order valence-corrected chi connectivity index (χ4v) is 2.69. The van der Waals surface area contributed by atoms with Gasteiger partial charge in [-0.25, -0.2) is 4.79 Å². The summed E-state index contributed by atoms with van der Waals surface area (Å²) in [6.45, 7) is 6.27. The van der Waals surface area contributed by atoms with Crippen molar-refractivity contribution in [1.29, 1.82) is 0 Å². The van der Waals surface area contributed by atoms with Crippen LogP contribution in [-0.4, -0.2) is 29.2 Å². The Bertz CT molecular complexity index is 479. The molecule has 3 nitrogen and oxygen atoms in total. The molecule has 0 aliphatic carbocycles. The first-order valence-corrected chi connectivity index (χ1v) is 6.43. The lowest BCUT2D eigenvalue weighted by atomic mass is 9.91. The lowest BCUT2D eigenvalue weighted by molar-refractivity contribution is -0.526. The molecule has 0 unspecified atom stereocenters. The van der Waals surface area contributed by atoms with Gasteiger partial charge in [0.15, 0.2) is 0 Å². The first kappa shape index (κ1) is 12.8. The van der Waals surface area contributed by atoms with Crippen molar-refractivity contribution in [2.75, 3.05) is 7.05 Å². The quantitative estimate of drug-likeness (QED) is 0.839. The molecular formula is C15H21N2O+. The molecule has 1 N–H and O–H groups in total. The summed E-state index contributed by atoms with van der Waals surface area (Å²) in [5.41, 5.74) is 0.578. The monoisotopic (exact) mass is 245 g/mol. The average molecular weight is 245 g/mol. The van der Waals surface area contributed by atoms with Gasteiger partial charge in [-0.15, -0.1) is 0 Å². The van der Waals surface area contributed by atoms with E-state index in [1.54, 1.807) is 4.90 Å². The highest BCUT2D eigenvalue weighted by Crippen LogP contribution is 2.18. The van der Waals surface area contributed by atoms with Gasteiger partial charge in [0.05, 0.1) is 12.6 Å². The highest BCUT2D eigenvalue weighted by atomic mass is 16.2. The van der Waals surface area contributed by atoms with Gasteiger partial charge >= 0.3 is 5.91 Å². The number of benzene rings is 1. The first-order chi connectivity index (χ1) is 8.44. The molecule has 0 saturated carbocycles. The van der Waals surface area contributed by atoms with Gasteiger partial charge in [-0.2, -0.15) is 4.90 Å². The molecule has 0 spiro atoms. The largest absolute Gasteiger partial charge is 0.356 e. The predicted octanol–water partition coefficient (Wildman–Crippen LogP) is 0.791. The predicted molar refractivity (Wildman–Crippen MR) is 72.1 cm³/mol. The van der Waals surface area contributed by atoms with Crippen molar-refractivity contribution in [2.45, 2.75) is 32.7 Å². The van der Waals surface area contributed by atoms with Gasteiger partial charge in [0.2, 0.25) is 5.54 Å². The topological polar surface area (TPSA) is 34.3 Å². The van der Waals surface area contributed by atoms with Crippen LogP contribution in [0.15, 0.2) is 30.3 Å². The Labute approximate surface area is 109 Å². The molecule has 0 bridgehead atoms. The van der Waals surface area contributed by atoms with Crippen molar-refractivity contribution in [2.24, 2.45) is 5.92 Å². The zero-order chi connectivity index (χ0) is 13.3. The van der Waals surface area contributed by atoms with Crippen LogP contribution in [0, 0.1) is 5.92 Å². The third-order valence-corrected chi connectivity index (χ3v) is 3.37. The zero-order valence-electron chi connectivity index (χ0n) is 11.5. The number of carbonyl (C=O) groups excluding carboxylic acids is 1. The Morgan fingerprint density at radius 1 is 1.28 bits per heavy atom. The van der Waals surface area contributed by atoms with Gasteiger partial charge in [0, 0.05) is 6.42 Å². The zero-order valence-corrected chi connectivity index (χ0v) is 11.5. The molecule has 0 aromatic heterocycles. The van der Waals surface area contributed by atoms with Crippen molar-refractivity contribution in [3.63, 3.8) is 0 Å². The molecule has 1 aliphatic heterocycles. The van der Waals surface area contributed by atoms with E-state index in [1.165, 1.54) is 0 Å². The van der Waals surface area contributed by atoms with E-state index in [4.69, 9.17) is 0 Å². The van der Waals surface area contributed by atoms with E-state index in [1.807, 2.05) is 44.3 Å². The third kappa shape index (κ3) is 2.17. The van der Waals surface area contributed by atoms with Crippen LogP contribution in [0.1, 0.15) is 32.8 Å². The number of hydrogen-bond donors (Lipinski definition) is 1. The Morgan fingerprint density at radius 2 is 1.89 bits per heavy atom. The lowest BCUT2D eigenvalue weighted by Gasteiger charge is -2.17. The first-order valence-electron chi connectivity index (χ1n) is 6.43. The van der Waals surface area contributed by atoms with E-state index in [9.17, 15) is 4.79 Å². The number of nitrogens with one attached hydrogen (secondary N) is 1. The van der Waals surface area contributed by atoms with E-state index < -0.39 is 5.54 Å². The number of likely N-dealkylation sites (N-methyl/N-ethyl adjacent to an activating group) is 1. The molecule has 96 valence electrons. The molecule has 1 aromatic rings. The smallest absolute Gasteiger partial charge is 0.257 e. The van der Waals surface area contributed by atoms with Crippen LogP contribution in [-0.2, 0) is 4.79 Å². The molecule has 1 heterocycles. The molecule has 2 rings (SSSR count). The molecule has 18 heavy (non-hydrogen) atoms. The Morgan fingerprint density at radius 3 is 2.44 bits per heavy atom. The molecule has 3 heteroatoms. The van der Waals surface area contributed by atoms with Crippen molar-refractivity contribution in [3.05, 3.63) is 35.9 Å². The molecule has 1 aromatic carbocycles. The van der Waals surface area contributed by atoms with Crippen LogP contribution in [0.5, 0.6) is 0 Å². The van der Waals surface area contributed by atoms with Crippen molar-refractivity contribution < 1.29 is 9.79 Å². The summed E-state index contributed by atoms with van der Waals surface area (Å²) in [7, 11) is 1.84. The summed E-state index contributed by atoms with van der Waals surface area (Å²) in [6, 6.07) is 10.00. The van der Waals surface area contributed by atoms with E-state index in [-0.39, 0.29) is 5.91 Å². The molecule has 1 aliphatic rings. The minimum atomic E-state index is -0.478. The second-order valence-electron chi connectivity index (χ2n) is 5.63. The van der Waals surface area contributed by atoms with Crippen LogP contribution in [0.3, 0.4) is 0 Å². The maximum atomic E-state index is 12.4. The molecule has 1 amide bonds. The second kappa shape index (κ2) is 4.56. The van der Waals surface area contributed by atoms with Crippen molar-refractivity contribution in [3.8, 4) is 0 Å². The number of rotatable bonds is 3. The second-order valence-corrected chi connectivity index (χ2v) is 5.63. The number of amides is 1. The van der Waals surface area contributed by atoms with Gasteiger partial charge in [-0.3, -0.25) is 4.99 Å². The number of amidine groups is 1. The lowest BCUT2D eigenvalue weighted by Crippen LogP contribution is -2.85. The minimum Gasteiger partial charge on any atom is -0.257 e. The summed E-state index contributed by atoms with van der Waals surface area (Å²) in [6.07, 6.45) is 0.840. The van der Waals surface area contributed by atoms with Gasteiger partial charge in [-0.05, 0) is 25.0 Å². The van der Waals surface area contributed by atoms with Gasteiger partial charge in [-0.1, -0.05) is 32.0 Å². The van der Waals surface area contributed by atoms with Crippen molar-refractivity contribution in [1.82, 2.24) is 4.90 Å². The Hall–Kier alpha value is -1.64. The van der Waals surface area contributed by atoms with E-state index in [0.29, 0.717) is 5.92 Å². The SMILES string of the molecule is CC(C)C[C@]1(C)[NH+]=C(c2ccccc2)N(C)C1=O. The summed E-state index contributed by atoms with van der Waals surface area (Å²) in [5, 5.41) is 0. The van der Waals surface area contributed by atoms with Gasteiger partial charge < -0.3 is 0 Å². The van der Waals surface area contributed by atoms with Crippen LogP contribution >= 0.6 is 0 Å². The molecule has 0 saturated heterocycles. The fourth-order valence-electron chi connectivity index (χ4n) is 2.69. The maximum Gasteiger partial charge on any atom is 0.356 e. The third-order valence-electron chi connectivity index (χ3n) is 3.37. The summed E-state index contributed by atoms with van der Waals surface area (Å²) in [4.78, 5) is 17.5. The summed E-state index contributed by atoms with van der Waals surface area (Å²) < 4.78 is 0. The average Bonchev–Trinajstić information content (AvgIpc) is 2.54. The highest BCUT2D eigenvalue weighted by Gasteiger charge is 2.50. The van der Waals surface area contributed by atoms with Crippen LogP contribution < -0.4 is 4.99 Å². The normalized spacial score (nSPS) is 23.7. The van der Waals surface area contributed by atoms with E-state index >= 15 is 0 Å². The summed E-state index contributed by atoms with van der Waals surface area (Å²) >= 11 is 0. The number of carbonyl (C=O) groups is 1. The van der Waals surface area contributed by atoms with Crippen LogP contribution in [0.25, 0.3) is 0 Å². The van der Waals surface area contributed by atoms with E-state index in [2.05, 4.69) is 18.8 Å². The van der Waals surface area contributed by atoms with Crippen LogP contribution in [0.2, 0.25) is 0 Å². The molecule has 0 fully saturated rings.